The number of carboxylic acid groups (broad SMARTS) is 1. The van der Waals surface area contributed by atoms with Crippen molar-refractivity contribution in [2.75, 3.05) is 13.6 Å². The fraction of sp³-hybridized carbons (Fsp3) is 0.625. The summed E-state index contributed by atoms with van der Waals surface area (Å²) >= 11 is 0. The summed E-state index contributed by atoms with van der Waals surface area (Å²) in [4.78, 5) is 20.7. The number of hydrogen-bond donors (Lipinski definition) is 4. The molecule has 0 aliphatic carbocycles. The molecule has 0 heterocycles. The summed E-state index contributed by atoms with van der Waals surface area (Å²) in [7, 11) is 1.50. The number of allylic oxidation sites excluding steroid dienone is 1. The number of hydrogen-bond acceptors (Lipinski definition) is 4. The van der Waals surface area contributed by atoms with Gasteiger partial charge in [0.25, 0.3) is 0 Å². The van der Waals surface area contributed by atoms with E-state index in [-0.39, 0.29) is 5.91 Å². The van der Waals surface area contributed by atoms with Crippen LogP contribution in [-0.2, 0) is 9.59 Å². The summed E-state index contributed by atoms with van der Waals surface area (Å²) in [5.74, 6) is 1.39. The van der Waals surface area contributed by atoms with Crippen LogP contribution < -0.4 is 16.8 Å². The maximum Gasteiger partial charge on any atom is 0.320 e. The average molecular weight is 315 g/mol. The quantitative estimate of drug-likeness (QED) is 0.336. The SMILES string of the molecule is C#CCC.C=CC.CC(=O)NCCCCC(N)C(=O)O.CN. The van der Waals surface area contributed by atoms with Crippen LogP contribution in [0, 0.1) is 12.3 Å². The normalized spacial score (nSPS) is 8.95. The molecule has 0 aromatic rings. The molecule has 1 amide bonds. The predicted octanol–water partition coefficient (Wildman–Crippen LogP) is 1.50. The number of nitrogens with one attached hydrogen (secondary N) is 1. The van der Waals surface area contributed by atoms with Gasteiger partial charge in [0.2, 0.25) is 5.91 Å². The molecule has 0 rings (SSSR count). The van der Waals surface area contributed by atoms with Gasteiger partial charge in [-0.25, -0.2) is 0 Å². The fourth-order valence-electron chi connectivity index (χ4n) is 0.877. The van der Waals surface area contributed by atoms with Crippen molar-refractivity contribution in [3.05, 3.63) is 12.7 Å². The first-order valence-electron chi connectivity index (χ1n) is 7.18. The standard InChI is InChI=1S/C8H16N2O3.C4H6.C3H6.CH5N/c1-6(11)10-5-3-2-4-7(9)8(12)13;1-3-4-2;1-3-2;1-2/h7H,2-5,9H2,1H3,(H,10,11)(H,12,13);1H,4H2,2H3;3H,1H2,2H3;2H2,1H3. The Bertz CT molecular complexity index is 300. The van der Waals surface area contributed by atoms with Crippen molar-refractivity contribution in [2.24, 2.45) is 11.5 Å². The second-order valence-electron chi connectivity index (χ2n) is 3.89. The third kappa shape index (κ3) is 42.9. The lowest BCUT2D eigenvalue weighted by Gasteiger charge is -2.05. The number of unbranched alkanes of at least 4 members (excludes halogenated alkanes) is 1. The van der Waals surface area contributed by atoms with Gasteiger partial charge in [0.15, 0.2) is 0 Å². The smallest absolute Gasteiger partial charge is 0.320 e. The Balaban J connectivity index is -0.000000149. The number of terminal acetylenes is 1. The molecule has 6 N–H and O–H groups in total. The number of carboxylic acids is 1. The summed E-state index contributed by atoms with van der Waals surface area (Å²) in [5.41, 5.74) is 9.77. The van der Waals surface area contributed by atoms with Gasteiger partial charge in [-0.3, -0.25) is 9.59 Å². The summed E-state index contributed by atoms with van der Waals surface area (Å²) in [5, 5.41) is 11.1. The highest BCUT2D eigenvalue weighted by atomic mass is 16.4. The molecule has 1 unspecified atom stereocenters. The average Bonchev–Trinajstić information content (AvgIpc) is 2.49. The first-order valence-corrected chi connectivity index (χ1v) is 7.18. The van der Waals surface area contributed by atoms with Crippen molar-refractivity contribution in [1.29, 1.82) is 0 Å². The minimum Gasteiger partial charge on any atom is -0.480 e. The van der Waals surface area contributed by atoms with Crippen molar-refractivity contribution in [3.8, 4) is 12.3 Å². The Morgan fingerprint density at radius 2 is 1.82 bits per heavy atom. The third-order valence-corrected chi connectivity index (χ3v) is 1.84. The van der Waals surface area contributed by atoms with Crippen LogP contribution in [0.2, 0.25) is 0 Å². The number of carbonyl (C=O) groups is 2. The Morgan fingerprint density at radius 3 is 2.09 bits per heavy atom. The number of carbonyl (C=O) groups excluding carboxylic acids is 1. The van der Waals surface area contributed by atoms with Crippen LogP contribution in [0.3, 0.4) is 0 Å². The molecule has 0 aromatic heterocycles. The second kappa shape index (κ2) is 27.5. The molecular formula is C16H33N3O3. The van der Waals surface area contributed by atoms with Gasteiger partial charge >= 0.3 is 5.97 Å². The Hall–Kier alpha value is -1.84. The van der Waals surface area contributed by atoms with Crippen molar-refractivity contribution in [3.63, 3.8) is 0 Å². The molecule has 0 aromatic carbocycles. The van der Waals surface area contributed by atoms with Crippen LogP contribution in [0.15, 0.2) is 12.7 Å². The zero-order valence-electron chi connectivity index (χ0n) is 14.4. The molecule has 6 heteroatoms. The molecule has 0 aliphatic heterocycles. The van der Waals surface area contributed by atoms with Crippen LogP contribution >= 0.6 is 0 Å². The van der Waals surface area contributed by atoms with Gasteiger partial charge in [0.05, 0.1) is 0 Å². The lowest BCUT2D eigenvalue weighted by molar-refractivity contribution is -0.138. The molecule has 0 spiro atoms. The van der Waals surface area contributed by atoms with Crippen LogP contribution in [0.25, 0.3) is 0 Å². The number of nitrogens with two attached hydrogens (primary N) is 2. The highest BCUT2D eigenvalue weighted by molar-refractivity contribution is 5.73. The second-order valence-corrected chi connectivity index (χ2v) is 3.89. The molecular weight excluding hydrogens is 282 g/mol. The Morgan fingerprint density at radius 1 is 1.41 bits per heavy atom. The highest BCUT2D eigenvalue weighted by Gasteiger charge is 2.09. The molecule has 0 bridgehead atoms. The molecule has 0 aliphatic rings. The van der Waals surface area contributed by atoms with Crippen LogP contribution in [0.4, 0.5) is 0 Å². The van der Waals surface area contributed by atoms with E-state index in [9.17, 15) is 9.59 Å². The van der Waals surface area contributed by atoms with Gasteiger partial charge < -0.3 is 21.9 Å². The van der Waals surface area contributed by atoms with Crippen molar-refractivity contribution < 1.29 is 14.7 Å². The molecule has 0 saturated carbocycles. The van der Waals surface area contributed by atoms with E-state index in [2.05, 4.69) is 23.5 Å². The summed E-state index contributed by atoms with van der Waals surface area (Å²) in [6.07, 6.45) is 9.31. The van der Waals surface area contributed by atoms with Crippen LogP contribution in [-0.4, -0.2) is 36.6 Å². The lowest BCUT2D eigenvalue weighted by atomic mass is 10.1. The molecule has 0 fully saturated rings. The number of aliphatic carboxylic acids is 1. The van der Waals surface area contributed by atoms with E-state index in [1.165, 1.54) is 14.0 Å². The minimum absolute atomic E-state index is 0.0671. The van der Waals surface area contributed by atoms with Gasteiger partial charge in [-0.1, -0.05) is 13.0 Å². The van der Waals surface area contributed by atoms with E-state index in [4.69, 9.17) is 17.3 Å². The monoisotopic (exact) mass is 315 g/mol. The Kier molecular flexibility index (Phi) is 35.4. The first kappa shape index (κ1) is 28.3. The van der Waals surface area contributed by atoms with Crippen molar-refractivity contribution in [2.45, 2.75) is 52.5 Å². The predicted molar refractivity (Wildman–Crippen MR) is 93.3 cm³/mol. The molecule has 0 radical (unpaired) electrons. The van der Waals surface area contributed by atoms with Crippen LogP contribution in [0.1, 0.15) is 46.5 Å². The topological polar surface area (TPSA) is 118 Å². The third-order valence-electron chi connectivity index (χ3n) is 1.84. The summed E-state index contributed by atoms with van der Waals surface area (Å²) < 4.78 is 0. The van der Waals surface area contributed by atoms with Crippen molar-refractivity contribution in [1.82, 2.24) is 5.32 Å². The fourth-order valence-corrected chi connectivity index (χ4v) is 0.877. The van der Waals surface area contributed by atoms with E-state index >= 15 is 0 Å². The minimum atomic E-state index is -0.973. The summed E-state index contributed by atoms with van der Waals surface area (Å²) in [6.45, 7) is 9.23. The van der Waals surface area contributed by atoms with Gasteiger partial charge in [-0.2, -0.15) is 0 Å². The zero-order chi connectivity index (χ0) is 18.4. The maximum absolute atomic E-state index is 10.4. The van der Waals surface area contributed by atoms with Gasteiger partial charge in [0.1, 0.15) is 6.04 Å². The van der Waals surface area contributed by atoms with Gasteiger partial charge in [-0.05, 0) is 33.2 Å². The Labute approximate surface area is 135 Å². The van der Waals surface area contributed by atoms with Gasteiger partial charge in [-0.15, -0.1) is 18.9 Å². The highest BCUT2D eigenvalue weighted by Crippen LogP contribution is 1.97. The van der Waals surface area contributed by atoms with E-state index in [0.717, 1.165) is 12.8 Å². The molecule has 0 saturated heterocycles. The molecule has 130 valence electrons. The van der Waals surface area contributed by atoms with E-state index in [1.54, 1.807) is 6.08 Å². The lowest BCUT2D eigenvalue weighted by Crippen LogP contribution is -2.30. The van der Waals surface area contributed by atoms with Gasteiger partial charge in [0, 0.05) is 19.9 Å². The van der Waals surface area contributed by atoms with E-state index < -0.39 is 12.0 Å². The molecule has 1 atom stereocenters. The first-order chi connectivity index (χ1) is 10.4. The van der Waals surface area contributed by atoms with E-state index in [1.807, 2.05) is 13.8 Å². The number of amides is 1. The van der Waals surface area contributed by atoms with Crippen molar-refractivity contribution >= 4 is 11.9 Å². The maximum atomic E-state index is 10.4. The number of rotatable bonds is 6. The molecule has 6 nitrogen and oxygen atoms in total. The zero-order valence-corrected chi connectivity index (χ0v) is 14.4. The van der Waals surface area contributed by atoms with Crippen LogP contribution in [0.5, 0.6) is 0 Å². The van der Waals surface area contributed by atoms with E-state index in [0.29, 0.717) is 19.4 Å². The molecule has 22 heavy (non-hydrogen) atoms. The largest absolute Gasteiger partial charge is 0.480 e. The summed E-state index contributed by atoms with van der Waals surface area (Å²) in [6, 6.07) is -0.780.